The van der Waals surface area contributed by atoms with Gasteiger partial charge in [-0.3, -0.25) is 9.59 Å². The van der Waals surface area contributed by atoms with Gasteiger partial charge in [-0.15, -0.1) is 11.8 Å². The first-order valence-corrected chi connectivity index (χ1v) is 7.72. The summed E-state index contributed by atoms with van der Waals surface area (Å²) in [6, 6.07) is 17.0. The molecular weight excluding hydrogens is 282 g/mol. The Hall–Kier alpha value is -2.07. The number of carbonyl (C=O) groups excluding carboxylic acids is 2. The normalized spacial score (nSPS) is 10.1. The minimum atomic E-state index is -0.0425. The first kappa shape index (κ1) is 15.3. The third-order valence-electron chi connectivity index (χ3n) is 2.89. The number of Topliss-reactive ketones (excluding diaryl/α,β-unsaturated/α-hetero) is 1. The van der Waals surface area contributed by atoms with Crippen molar-refractivity contribution in [3.63, 3.8) is 0 Å². The third kappa shape index (κ3) is 5.08. The number of ketones is 1. The Labute approximate surface area is 128 Å². The predicted molar refractivity (Wildman–Crippen MR) is 86.9 cm³/mol. The molecule has 0 aliphatic carbocycles. The van der Waals surface area contributed by atoms with E-state index in [0.29, 0.717) is 17.7 Å². The zero-order valence-electron chi connectivity index (χ0n) is 11.8. The van der Waals surface area contributed by atoms with E-state index >= 15 is 0 Å². The van der Waals surface area contributed by atoms with Crippen molar-refractivity contribution in [3.8, 4) is 0 Å². The van der Waals surface area contributed by atoms with Gasteiger partial charge in [0, 0.05) is 28.3 Å². The lowest BCUT2D eigenvalue weighted by Gasteiger charge is -2.06. The van der Waals surface area contributed by atoms with Crippen LogP contribution < -0.4 is 5.32 Å². The van der Waals surface area contributed by atoms with Crippen molar-refractivity contribution in [2.45, 2.75) is 18.2 Å². The van der Waals surface area contributed by atoms with Crippen LogP contribution >= 0.6 is 11.8 Å². The summed E-state index contributed by atoms with van der Waals surface area (Å²) in [5.41, 5.74) is 1.27. The standard InChI is InChI=1S/C17H17NO2S/c1-13(19)14-6-5-7-15(12-14)18-17(20)10-11-21-16-8-3-2-4-9-16/h2-9,12H,10-11H2,1H3,(H,18,20). The van der Waals surface area contributed by atoms with Gasteiger partial charge in [0.05, 0.1) is 0 Å². The zero-order chi connectivity index (χ0) is 15.1. The van der Waals surface area contributed by atoms with Gasteiger partial charge in [0.2, 0.25) is 5.91 Å². The summed E-state index contributed by atoms with van der Waals surface area (Å²) in [6.45, 7) is 1.51. The van der Waals surface area contributed by atoms with Crippen LogP contribution in [-0.2, 0) is 4.79 Å². The lowest BCUT2D eigenvalue weighted by Crippen LogP contribution is -2.12. The molecule has 0 fully saturated rings. The summed E-state index contributed by atoms with van der Waals surface area (Å²) in [6.07, 6.45) is 0.434. The average molecular weight is 299 g/mol. The highest BCUT2D eigenvalue weighted by molar-refractivity contribution is 7.99. The van der Waals surface area contributed by atoms with Crippen molar-refractivity contribution in [1.29, 1.82) is 0 Å². The molecule has 0 aliphatic heterocycles. The Morgan fingerprint density at radius 2 is 1.81 bits per heavy atom. The summed E-state index contributed by atoms with van der Waals surface area (Å²) < 4.78 is 0. The fraction of sp³-hybridized carbons (Fsp3) is 0.176. The van der Waals surface area contributed by atoms with Crippen LogP contribution in [0.5, 0.6) is 0 Å². The van der Waals surface area contributed by atoms with Crippen LogP contribution in [0.15, 0.2) is 59.5 Å². The van der Waals surface area contributed by atoms with E-state index in [2.05, 4.69) is 5.32 Å². The summed E-state index contributed by atoms with van der Waals surface area (Å²) >= 11 is 1.65. The molecule has 21 heavy (non-hydrogen) atoms. The van der Waals surface area contributed by atoms with Gasteiger partial charge in [0.25, 0.3) is 0 Å². The van der Waals surface area contributed by atoms with Crippen molar-refractivity contribution in [1.82, 2.24) is 0 Å². The van der Waals surface area contributed by atoms with E-state index in [0.717, 1.165) is 10.6 Å². The molecule has 2 aromatic carbocycles. The van der Waals surface area contributed by atoms with Crippen molar-refractivity contribution < 1.29 is 9.59 Å². The molecule has 108 valence electrons. The topological polar surface area (TPSA) is 46.2 Å². The highest BCUT2D eigenvalue weighted by atomic mass is 32.2. The van der Waals surface area contributed by atoms with Crippen molar-refractivity contribution in [2.24, 2.45) is 0 Å². The van der Waals surface area contributed by atoms with E-state index in [1.165, 1.54) is 6.92 Å². The molecule has 4 heteroatoms. The number of thioether (sulfide) groups is 1. The van der Waals surface area contributed by atoms with Gasteiger partial charge in [-0.05, 0) is 31.2 Å². The molecule has 2 rings (SSSR count). The van der Waals surface area contributed by atoms with Gasteiger partial charge in [-0.2, -0.15) is 0 Å². The molecular formula is C17H17NO2S. The van der Waals surface area contributed by atoms with Gasteiger partial charge in [0.1, 0.15) is 0 Å². The van der Waals surface area contributed by atoms with Gasteiger partial charge < -0.3 is 5.32 Å². The molecule has 0 unspecified atom stereocenters. The van der Waals surface area contributed by atoms with Crippen LogP contribution in [0.1, 0.15) is 23.7 Å². The molecule has 0 saturated carbocycles. The number of hydrogen-bond donors (Lipinski definition) is 1. The van der Waals surface area contributed by atoms with Crippen molar-refractivity contribution in [3.05, 3.63) is 60.2 Å². The molecule has 1 N–H and O–H groups in total. The number of benzene rings is 2. The molecule has 0 aromatic heterocycles. The molecule has 0 spiro atoms. The Kier molecular flexibility index (Phi) is 5.58. The summed E-state index contributed by atoms with van der Waals surface area (Å²) in [5.74, 6) is 0.673. The fourth-order valence-electron chi connectivity index (χ4n) is 1.82. The number of anilines is 1. The second kappa shape index (κ2) is 7.64. The number of nitrogens with one attached hydrogen (secondary N) is 1. The molecule has 1 amide bonds. The molecule has 0 aliphatic rings. The van der Waals surface area contributed by atoms with E-state index in [9.17, 15) is 9.59 Å². The van der Waals surface area contributed by atoms with Gasteiger partial charge in [-0.1, -0.05) is 30.3 Å². The zero-order valence-corrected chi connectivity index (χ0v) is 12.7. The maximum Gasteiger partial charge on any atom is 0.225 e. The summed E-state index contributed by atoms with van der Waals surface area (Å²) in [5, 5.41) is 2.82. The van der Waals surface area contributed by atoms with Crippen LogP contribution in [0, 0.1) is 0 Å². The molecule has 0 bridgehead atoms. The van der Waals surface area contributed by atoms with Gasteiger partial charge >= 0.3 is 0 Å². The van der Waals surface area contributed by atoms with E-state index in [1.807, 2.05) is 30.3 Å². The van der Waals surface area contributed by atoms with E-state index in [4.69, 9.17) is 0 Å². The van der Waals surface area contributed by atoms with Crippen molar-refractivity contribution >= 4 is 29.1 Å². The highest BCUT2D eigenvalue weighted by Crippen LogP contribution is 2.18. The molecule has 0 saturated heterocycles. The van der Waals surface area contributed by atoms with E-state index in [-0.39, 0.29) is 11.7 Å². The Morgan fingerprint density at radius 1 is 1.05 bits per heavy atom. The van der Waals surface area contributed by atoms with Crippen LogP contribution in [-0.4, -0.2) is 17.4 Å². The lowest BCUT2D eigenvalue weighted by atomic mass is 10.1. The lowest BCUT2D eigenvalue weighted by molar-refractivity contribution is -0.115. The molecule has 3 nitrogen and oxygen atoms in total. The smallest absolute Gasteiger partial charge is 0.225 e. The second-order valence-corrected chi connectivity index (χ2v) is 5.77. The van der Waals surface area contributed by atoms with E-state index < -0.39 is 0 Å². The summed E-state index contributed by atoms with van der Waals surface area (Å²) in [7, 11) is 0. The molecule has 0 heterocycles. The maximum atomic E-state index is 11.9. The first-order valence-electron chi connectivity index (χ1n) is 6.74. The quantitative estimate of drug-likeness (QED) is 0.647. The number of rotatable bonds is 6. The largest absolute Gasteiger partial charge is 0.326 e. The van der Waals surface area contributed by atoms with Crippen molar-refractivity contribution in [2.75, 3.05) is 11.1 Å². The maximum absolute atomic E-state index is 11.9. The highest BCUT2D eigenvalue weighted by Gasteiger charge is 2.05. The molecule has 0 radical (unpaired) electrons. The monoisotopic (exact) mass is 299 g/mol. The summed E-state index contributed by atoms with van der Waals surface area (Å²) in [4.78, 5) is 24.3. The Bertz CT molecular complexity index is 626. The first-order chi connectivity index (χ1) is 10.1. The third-order valence-corrected chi connectivity index (χ3v) is 3.91. The van der Waals surface area contributed by atoms with Crippen LogP contribution in [0.25, 0.3) is 0 Å². The van der Waals surface area contributed by atoms with Crippen LogP contribution in [0.4, 0.5) is 5.69 Å². The number of hydrogen-bond acceptors (Lipinski definition) is 3. The van der Waals surface area contributed by atoms with Crippen LogP contribution in [0.2, 0.25) is 0 Å². The Balaban J connectivity index is 1.82. The molecule has 2 aromatic rings. The average Bonchev–Trinajstić information content (AvgIpc) is 2.48. The Morgan fingerprint density at radius 3 is 2.52 bits per heavy atom. The SMILES string of the molecule is CC(=O)c1cccc(NC(=O)CCSc2ccccc2)c1. The minimum absolute atomic E-state index is 0.00858. The minimum Gasteiger partial charge on any atom is -0.326 e. The molecule has 0 atom stereocenters. The van der Waals surface area contributed by atoms with Crippen LogP contribution in [0.3, 0.4) is 0 Å². The number of carbonyl (C=O) groups is 2. The van der Waals surface area contributed by atoms with Gasteiger partial charge in [0.15, 0.2) is 5.78 Å². The fourth-order valence-corrected chi connectivity index (χ4v) is 2.69. The van der Waals surface area contributed by atoms with Gasteiger partial charge in [-0.25, -0.2) is 0 Å². The number of amides is 1. The van der Waals surface area contributed by atoms with E-state index in [1.54, 1.807) is 36.0 Å². The second-order valence-electron chi connectivity index (χ2n) is 4.60. The predicted octanol–water partition coefficient (Wildman–Crippen LogP) is 4.01.